The van der Waals surface area contributed by atoms with E-state index < -0.39 is 11.8 Å². The summed E-state index contributed by atoms with van der Waals surface area (Å²) >= 11 is 0. The fourth-order valence-corrected chi connectivity index (χ4v) is 2.29. The first-order valence-electron chi connectivity index (χ1n) is 7.91. The van der Waals surface area contributed by atoms with Gasteiger partial charge in [-0.15, -0.1) is 0 Å². The van der Waals surface area contributed by atoms with E-state index >= 15 is 0 Å². The molecule has 7 nitrogen and oxygen atoms in total. The highest BCUT2D eigenvalue weighted by Gasteiger charge is 2.05. The van der Waals surface area contributed by atoms with Crippen LogP contribution in [0, 0.1) is 5.82 Å². The second kappa shape index (κ2) is 8.02. The van der Waals surface area contributed by atoms with Crippen LogP contribution in [0.3, 0.4) is 0 Å². The summed E-state index contributed by atoms with van der Waals surface area (Å²) < 4.78 is 14.4. The summed E-state index contributed by atoms with van der Waals surface area (Å²) in [6, 6.07) is 11.7. The van der Waals surface area contributed by atoms with E-state index in [9.17, 15) is 14.0 Å². The lowest BCUT2D eigenvalue weighted by molar-refractivity contribution is 0.251. The number of aromatic nitrogens is 3. The molecule has 3 rings (SSSR count). The predicted octanol–water partition coefficient (Wildman–Crippen LogP) is 2.27. The Morgan fingerprint density at radius 2 is 2.04 bits per heavy atom. The zero-order valence-corrected chi connectivity index (χ0v) is 13.7. The fourth-order valence-electron chi connectivity index (χ4n) is 2.29. The third-order valence-electron chi connectivity index (χ3n) is 3.52. The number of nitrogens with one attached hydrogen (secondary N) is 2. The van der Waals surface area contributed by atoms with Crippen LogP contribution in [-0.2, 0) is 6.54 Å². The van der Waals surface area contributed by atoms with E-state index in [-0.39, 0.29) is 18.6 Å². The molecule has 2 amide bonds. The minimum Gasteiger partial charge on any atom is -0.336 e. The third-order valence-corrected chi connectivity index (χ3v) is 3.52. The van der Waals surface area contributed by atoms with Gasteiger partial charge < -0.3 is 10.6 Å². The molecule has 2 heterocycles. The van der Waals surface area contributed by atoms with Crippen LogP contribution < -0.4 is 16.2 Å². The molecule has 8 heteroatoms. The van der Waals surface area contributed by atoms with Crippen LogP contribution in [0.25, 0.3) is 11.3 Å². The number of amides is 2. The minimum atomic E-state index is -0.493. The molecule has 3 aromatic rings. The Morgan fingerprint density at radius 1 is 1.15 bits per heavy atom. The molecule has 0 fully saturated rings. The normalized spacial score (nSPS) is 10.3. The van der Waals surface area contributed by atoms with E-state index in [1.54, 1.807) is 30.6 Å². The van der Waals surface area contributed by atoms with E-state index in [1.165, 1.54) is 28.9 Å². The molecule has 0 spiro atoms. The molecule has 1 aromatic carbocycles. The largest absolute Gasteiger partial charge is 0.336 e. The van der Waals surface area contributed by atoms with Crippen LogP contribution in [0.2, 0.25) is 0 Å². The van der Waals surface area contributed by atoms with Gasteiger partial charge in [-0.05, 0) is 36.4 Å². The standard InChI is InChI=1S/C18H16FN5O2/c19-14-4-1-5-15(11-14)22-18(26)21-9-10-24-17(25)7-6-16(23-24)13-3-2-8-20-12-13/h1-8,11-12H,9-10H2,(H2,21,22,26). The number of pyridine rings is 1. The number of urea groups is 1. The van der Waals surface area contributed by atoms with E-state index in [1.807, 2.05) is 6.07 Å². The molecule has 2 N–H and O–H groups in total. The van der Waals surface area contributed by atoms with Crippen molar-refractivity contribution < 1.29 is 9.18 Å². The first-order chi connectivity index (χ1) is 12.6. The number of benzene rings is 1. The Labute approximate surface area is 148 Å². The maximum atomic E-state index is 13.1. The van der Waals surface area contributed by atoms with Crippen LogP contribution in [0.4, 0.5) is 14.9 Å². The summed E-state index contributed by atoms with van der Waals surface area (Å²) in [5, 5.41) is 9.39. The van der Waals surface area contributed by atoms with Crippen molar-refractivity contribution in [1.29, 1.82) is 0 Å². The Balaban J connectivity index is 1.59. The summed E-state index contributed by atoms with van der Waals surface area (Å²) in [6.45, 7) is 0.383. The first-order valence-corrected chi connectivity index (χ1v) is 7.91. The molecule has 0 atom stereocenters. The van der Waals surface area contributed by atoms with Gasteiger partial charge in [-0.25, -0.2) is 13.9 Å². The van der Waals surface area contributed by atoms with Crippen molar-refractivity contribution in [3.63, 3.8) is 0 Å². The quantitative estimate of drug-likeness (QED) is 0.736. The second-order valence-electron chi connectivity index (χ2n) is 5.41. The van der Waals surface area contributed by atoms with Crippen molar-refractivity contribution in [1.82, 2.24) is 20.1 Å². The fraction of sp³-hybridized carbons (Fsp3) is 0.111. The molecule has 0 radical (unpaired) electrons. The van der Waals surface area contributed by atoms with Gasteiger partial charge in [0.2, 0.25) is 0 Å². The van der Waals surface area contributed by atoms with Crippen LogP contribution in [-0.4, -0.2) is 27.3 Å². The van der Waals surface area contributed by atoms with Gasteiger partial charge >= 0.3 is 6.03 Å². The molecular weight excluding hydrogens is 337 g/mol. The third kappa shape index (κ3) is 4.50. The summed E-state index contributed by atoms with van der Waals surface area (Å²) in [7, 11) is 0. The number of anilines is 1. The van der Waals surface area contributed by atoms with Gasteiger partial charge in [-0.3, -0.25) is 9.78 Å². The summed E-state index contributed by atoms with van der Waals surface area (Å²) in [4.78, 5) is 27.8. The molecule has 0 bridgehead atoms. The Hall–Kier alpha value is -3.55. The highest BCUT2D eigenvalue weighted by atomic mass is 19.1. The number of hydrogen-bond acceptors (Lipinski definition) is 4. The molecular formula is C18H16FN5O2. The number of rotatable bonds is 5. The summed E-state index contributed by atoms with van der Waals surface area (Å²) in [5.41, 5.74) is 1.47. The smallest absolute Gasteiger partial charge is 0.319 e. The Kier molecular flexibility index (Phi) is 5.33. The van der Waals surface area contributed by atoms with Crippen LogP contribution in [0.1, 0.15) is 0 Å². The molecule has 0 aliphatic rings. The highest BCUT2D eigenvalue weighted by molar-refractivity contribution is 5.89. The monoisotopic (exact) mass is 353 g/mol. The van der Waals surface area contributed by atoms with Crippen molar-refractivity contribution in [3.8, 4) is 11.3 Å². The van der Waals surface area contributed by atoms with Gasteiger partial charge in [0.05, 0.1) is 12.2 Å². The average Bonchev–Trinajstić information content (AvgIpc) is 2.64. The number of nitrogens with zero attached hydrogens (tertiary/aromatic N) is 3. The molecule has 0 aliphatic heterocycles. The summed E-state index contributed by atoms with van der Waals surface area (Å²) in [5.74, 6) is -0.439. The predicted molar refractivity (Wildman–Crippen MR) is 95.1 cm³/mol. The maximum Gasteiger partial charge on any atom is 0.319 e. The van der Waals surface area contributed by atoms with Crippen LogP contribution >= 0.6 is 0 Å². The van der Waals surface area contributed by atoms with Gasteiger partial charge in [-0.1, -0.05) is 6.07 Å². The maximum absolute atomic E-state index is 13.1. The van der Waals surface area contributed by atoms with Crippen LogP contribution in [0.5, 0.6) is 0 Å². The van der Waals surface area contributed by atoms with Gasteiger partial charge in [-0.2, -0.15) is 5.10 Å². The number of carbonyl (C=O) groups is 1. The number of hydrogen-bond donors (Lipinski definition) is 2. The highest BCUT2D eigenvalue weighted by Crippen LogP contribution is 2.12. The molecule has 0 aliphatic carbocycles. The van der Waals surface area contributed by atoms with E-state index in [0.717, 1.165) is 5.56 Å². The Morgan fingerprint density at radius 3 is 2.81 bits per heavy atom. The average molecular weight is 353 g/mol. The second-order valence-corrected chi connectivity index (χ2v) is 5.41. The van der Waals surface area contributed by atoms with Gasteiger partial charge in [0, 0.05) is 36.3 Å². The molecule has 132 valence electrons. The zero-order valence-electron chi connectivity index (χ0n) is 13.7. The summed E-state index contributed by atoms with van der Waals surface area (Å²) in [6.07, 6.45) is 3.31. The van der Waals surface area contributed by atoms with E-state index in [2.05, 4.69) is 20.7 Å². The van der Waals surface area contributed by atoms with E-state index in [4.69, 9.17) is 0 Å². The SMILES string of the molecule is O=C(NCCn1nc(-c2cccnc2)ccc1=O)Nc1cccc(F)c1. The van der Waals surface area contributed by atoms with Crippen molar-refractivity contribution in [2.75, 3.05) is 11.9 Å². The van der Waals surface area contributed by atoms with Crippen molar-refractivity contribution >= 4 is 11.7 Å². The minimum absolute atomic E-state index is 0.185. The molecule has 2 aromatic heterocycles. The Bertz CT molecular complexity index is 959. The molecule has 0 unspecified atom stereocenters. The van der Waals surface area contributed by atoms with Gasteiger partial charge in [0.1, 0.15) is 5.82 Å². The molecule has 0 saturated carbocycles. The van der Waals surface area contributed by atoms with Gasteiger partial charge in [0.25, 0.3) is 5.56 Å². The zero-order chi connectivity index (χ0) is 18.4. The number of carbonyl (C=O) groups excluding carboxylic acids is 1. The van der Waals surface area contributed by atoms with E-state index in [0.29, 0.717) is 11.4 Å². The van der Waals surface area contributed by atoms with Crippen LogP contribution in [0.15, 0.2) is 65.7 Å². The lowest BCUT2D eigenvalue weighted by Gasteiger charge is -2.09. The van der Waals surface area contributed by atoms with Gasteiger partial charge in [0.15, 0.2) is 0 Å². The van der Waals surface area contributed by atoms with Crippen molar-refractivity contribution in [3.05, 3.63) is 77.1 Å². The lowest BCUT2D eigenvalue weighted by Crippen LogP contribution is -2.34. The van der Waals surface area contributed by atoms with Crippen molar-refractivity contribution in [2.24, 2.45) is 0 Å². The van der Waals surface area contributed by atoms with Crippen molar-refractivity contribution in [2.45, 2.75) is 6.54 Å². The molecule has 0 saturated heterocycles. The number of halogens is 1. The topological polar surface area (TPSA) is 88.9 Å². The lowest BCUT2D eigenvalue weighted by atomic mass is 10.2. The first kappa shape index (κ1) is 17.3. The molecule has 26 heavy (non-hydrogen) atoms.